The van der Waals surface area contributed by atoms with Crippen LogP contribution in [-0.4, -0.2) is 24.1 Å². The summed E-state index contributed by atoms with van der Waals surface area (Å²) in [4.78, 5) is 10.9. The third kappa shape index (κ3) is 4.55. The number of carbonyl (C=O) groups is 1. The molecule has 1 aromatic rings. The van der Waals surface area contributed by atoms with Crippen LogP contribution < -0.4 is 5.32 Å². The smallest absolute Gasteiger partial charge is 0.411 e. The fourth-order valence-corrected chi connectivity index (χ4v) is 1.30. The Labute approximate surface area is 100 Å². The van der Waals surface area contributed by atoms with Crippen molar-refractivity contribution in [2.45, 2.75) is 19.8 Å². The van der Waals surface area contributed by atoms with Gasteiger partial charge in [0, 0.05) is 5.69 Å². The maximum absolute atomic E-state index is 10.9. The molecule has 0 unspecified atom stereocenters. The Hall–Kier alpha value is -2.04. The van der Waals surface area contributed by atoms with Gasteiger partial charge >= 0.3 is 6.09 Å². The largest absolute Gasteiger partial charge is 0.453 e. The van der Waals surface area contributed by atoms with Crippen LogP contribution in [0.3, 0.4) is 0 Å². The van der Waals surface area contributed by atoms with Gasteiger partial charge < -0.3 is 9.94 Å². The molecule has 0 aromatic heterocycles. The molecule has 1 amide bonds. The van der Waals surface area contributed by atoms with Gasteiger partial charge in [0.15, 0.2) is 0 Å². The highest BCUT2D eigenvalue weighted by Gasteiger charge is 2.00. The number of hydrogen-bond acceptors (Lipinski definition) is 4. The number of amides is 1. The van der Waals surface area contributed by atoms with E-state index >= 15 is 0 Å². The fraction of sp³-hybridized carbons (Fsp3) is 0.333. The number of methoxy groups -OCH3 is 1. The molecule has 0 radical (unpaired) electrons. The predicted molar refractivity (Wildman–Crippen MR) is 65.7 cm³/mol. The Bertz CT molecular complexity index is 399. The molecule has 0 saturated carbocycles. The second-order valence-corrected chi connectivity index (χ2v) is 3.65. The fourth-order valence-electron chi connectivity index (χ4n) is 1.30. The number of anilines is 1. The molecule has 0 saturated heterocycles. The molecule has 5 nitrogen and oxygen atoms in total. The molecule has 0 aliphatic heterocycles. The van der Waals surface area contributed by atoms with Crippen LogP contribution in [0.4, 0.5) is 10.5 Å². The summed E-state index contributed by atoms with van der Waals surface area (Å²) in [5.41, 5.74) is 2.50. The van der Waals surface area contributed by atoms with E-state index in [2.05, 4.69) is 15.2 Å². The van der Waals surface area contributed by atoms with Gasteiger partial charge in [0.05, 0.1) is 12.8 Å². The maximum Gasteiger partial charge on any atom is 0.411 e. The zero-order valence-corrected chi connectivity index (χ0v) is 9.93. The Morgan fingerprint density at radius 2 is 2.06 bits per heavy atom. The highest BCUT2D eigenvalue weighted by atomic mass is 16.5. The van der Waals surface area contributed by atoms with Crippen molar-refractivity contribution in [1.82, 2.24) is 0 Å². The van der Waals surface area contributed by atoms with Crippen LogP contribution in [0.2, 0.25) is 0 Å². The highest BCUT2D eigenvalue weighted by Crippen LogP contribution is 2.11. The monoisotopic (exact) mass is 236 g/mol. The lowest BCUT2D eigenvalue weighted by molar-refractivity contribution is 0.187. The van der Waals surface area contributed by atoms with Crippen molar-refractivity contribution in [3.63, 3.8) is 0 Å². The Morgan fingerprint density at radius 3 is 2.59 bits per heavy atom. The molecular weight excluding hydrogens is 220 g/mol. The van der Waals surface area contributed by atoms with Gasteiger partial charge in [0.25, 0.3) is 0 Å². The van der Waals surface area contributed by atoms with E-state index < -0.39 is 6.09 Å². The van der Waals surface area contributed by atoms with Gasteiger partial charge in [0.1, 0.15) is 0 Å². The molecule has 0 bridgehead atoms. The summed E-state index contributed by atoms with van der Waals surface area (Å²) in [5, 5.41) is 14.2. The molecular formula is C12H16N2O3. The van der Waals surface area contributed by atoms with Gasteiger partial charge in [-0.3, -0.25) is 5.32 Å². The highest BCUT2D eigenvalue weighted by molar-refractivity contribution is 5.84. The van der Waals surface area contributed by atoms with E-state index in [4.69, 9.17) is 5.21 Å². The van der Waals surface area contributed by atoms with Gasteiger partial charge in [0.2, 0.25) is 0 Å². The van der Waals surface area contributed by atoms with Crippen molar-refractivity contribution in [3.05, 3.63) is 29.8 Å². The minimum Gasteiger partial charge on any atom is -0.453 e. The number of rotatable bonds is 4. The first-order chi connectivity index (χ1) is 8.15. The molecule has 0 atom stereocenters. The standard InChI is InChI=1S/C12H16N2O3/c1-9(14-16)3-4-10-5-7-11(8-6-10)13-12(15)17-2/h5-8,16H,3-4H2,1-2H3,(H,13,15)/b14-9+. The average molecular weight is 236 g/mol. The number of nitrogens with one attached hydrogen (secondary N) is 1. The first-order valence-electron chi connectivity index (χ1n) is 5.27. The van der Waals surface area contributed by atoms with Crippen LogP contribution in [0.15, 0.2) is 29.4 Å². The summed E-state index contributed by atoms with van der Waals surface area (Å²) < 4.78 is 4.48. The van der Waals surface area contributed by atoms with Gasteiger partial charge in [-0.1, -0.05) is 17.3 Å². The second-order valence-electron chi connectivity index (χ2n) is 3.65. The summed E-state index contributed by atoms with van der Waals surface area (Å²) in [6, 6.07) is 7.43. The van der Waals surface area contributed by atoms with E-state index in [0.717, 1.165) is 12.0 Å². The lowest BCUT2D eigenvalue weighted by atomic mass is 10.1. The molecule has 1 aromatic carbocycles. The zero-order chi connectivity index (χ0) is 12.7. The summed E-state index contributed by atoms with van der Waals surface area (Å²) in [5.74, 6) is 0. The van der Waals surface area contributed by atoms with Gasteiger partial charge in [-0.05, 0) is 37.5 Å². The molecule has 17 heavy (non-hydrogen) atoms. The third-order valence-corrected chi connectivity index (χ3v) is 2.33. The predicted octanol–water partition coefficient (Wildman–Crippen LogP) is 2.65. The molecule has 0 aliphatic rings. The Balaban J connectivity index is 2.53. The quantitative estimate of drug-likeness (QED) is 0.479. The van der Waals surface area contributed by atoms with Crippen molar-refractivity contribution in [1.29, 1.82) is 0 Å². The summed E-state index contributed by atoms with van der Waals surface area (Å²) in [6.07, 6.45) is 1.02. The SMILES string of the molecule is COC(=O)Nc1ccc(CC/C(C)=N/O)cc1. The molecule has 0 spiro atoms. The molecule has 2 N–H and O–H groups in total. The number of nitrogens with zero attached hydrogens (tertiary/aromatic N) is 1. The number of hydrogen-bond donors (Lipinski definition) is 2. The normalized spacial score (nSPS) is 11.1. The van der Waals surface area contributed by atoms with Crippen molar-refractivity contribution < 1.29 is 14.7 Å². The maximum atomic E-state index is 10.9. The Morgan fingerprint density at radius 1 is 1.41 bits per heavy atom. The second kappa shape index (κ2) is 6.52. The van der Waals surface area contributed by atoms with Crippen molar-refractivity contribution in [3.8, 4) is 0 Å². The first-order valence-corrected chi connectivity index (χ1v) is 5.27. The third-order valence-electron chi connectivity index (χ3n) is 2.33. The van der Waals surface area contributed by atoms with E-state index in [0.29, 0.717) is 17.8 Å². The molecule has 92 valence electrons. The van der Waals surface area contributed by atoms with Gasteiger partial charge in [-0.15, -0.1) is 0 Å². The van der Waals surface area contributed by atoms with Crippen LogP contribution in [-0.2, 0) is 11.2 Å². The topological polar surface area (TPSA) is 70.9 Å². The Kier molecular flexibility index (Phi) is 5.00. The molecule has 1 rings (SSSR count). The van der Waals surface area contributed by atoms with Crippen LogP contribution in [0.25, 0.3) is 0 Å². The van der Waals surface area contributed by atoms with Crippen molar-refractivity contribution in [2.24, 2.45) is 5.16 Å². The van der Waals surface area contributed by atoms with Crippen LogP contribution in [0, 0.1) is 0 Å². The minimum absolute atomic E-state index is 0.485. The van der Waals surface area contributed by atoms with E-state index in [9.17, 15) is 4.79 Å². The number of ether oxygens (including phenoxy) is 1. The van der Waals surface area contributed by atoms with Gasteiger partial charge in [-0.25, -0.2) is 4.79 Å². The lowest BCUT2D eigenvalue weighted by Gasteiger charge is -2.05. The number of benzene rings is 1. The molecule has 0 heterocycles. The number of carbonyl (C=O) groups excluding carboxylic acids is 1. The van der Waals surface area contributed by atoms with Crippen LogP contribution >= 0.6 is 0 Å². The average Bonchev–Trinajstić information content (AvgIpc) is 2.37. The van der Waals surface area contributed by atoms with Crippen LogP contribution in [0.1, 0.15) is 18.9 Å². The van der Waals surface area contributed by atoms with E-state index in [-0.39, 0.29) is 0 Å². The molecule has 5 heteroatoms. The molecule has 0 fully saturated rings. The number of oxime groups is 1. The van der Waals surface area contributed by atoms with Crippen LogP contribution in [0.5, 0.6) is 0 Å². The van der Waals surface area contributed by atoms with E-state index in [1.165, 1.54) is 7.11 Å². The minimum atomic E-state index is -0.485. The van der Waals surface area contributed by atoms with E-state index in [1.807, 2.05) is 12.1 Å². The van der Waals surface area contributed by atoms with Gasteiger partial charge in [-0.2, -0.15) is 0 Å². The zero-order valence-electron chi connectivity index (χ0n) is 9.93. The van der Waals surface area contributed by atoms with E-state index in [1.54, 1.807) is 19.1 Å². The summed E-state index contributed by atoms with van der Waals surface area (Å²) in [7, 11) is 1.32. The summed E-state index contributed by atoms with van der Waals surface area (Å²) in [6.45, 7) is 1.77. The lowest BCUT2D eigenvalue weighted by Crippen LogP contribution is -2.10. The first kappa shape index (κ1) is 13.0. The number of aryl methyl sites for hydroxylation is 1. The van der Waals surface area contributed by atoms with Crippen molar-refractivity contribution >= 4 is 17.5 Å². The van der Waals surface area contributed by atoms with Crippen molar-refractivity contribution in [2.75, 3.05) is 12.4 Å². The molecule has 0 aliphatic carbocycles. The summed E-state index contributed by atoms with van der Waals surface area (Å²) >= 11 is 0.